The van der Waals surface area contributed by atoms with Crippen molar-refractivity contribution in [3.63, 3.8) is 0 Å². The molecule has 1 fully saturated rings. The Hall–Kier alpha value is -0.340. The van der Waals surface area contributed by atoms with E-state index < -0.39 is 0 Å². The monoisotopic (exact) mass is 306 g/mol. The van der Waals surface area contributed by atoms with Crippen LogP contribution in [-0.4, -0.2) is 31.7 Å². The Labute approximate surface area is 138 Å². The average Bonchev–Trinajstić information content (AvgIpc) is 2.44. The van der Waals surface area contributed by atoms with Gasteiger partial charge in [-0.1, -0.05) is 56.6 Å². The fourth-order valence-corrected chi connectivity index (χ4v) is 4.01. The second kappa shape index (κ2) is 11.2. The van der Waals surface area contributed by atoms with Crippen molar-refractivity contribution in [1.82, 2.24) is 10.2 Å². The van der Waals surface area contributed by atoms with Gasteiger partial charge in [0.25, 0.3) is 0 Å². The lowest BCUT2D eigenvalue weighted by Crippen LogP contribution is -2.35. The van der Waals surface area contributed by atoms with Crippen LogP contribution in [-0.2, 0) is 0 Å². The second-order valence-electron chi connectivity index (χ2n) is 7.65. The molecule has 22 heavy (non-hydrogen) atoms. The number of rotatable bonds is 6. The van der Waals surface area contributed by atoms with Crippen LogP contribution in [0.15, 0.2) is 11.6 Å². The number of allylic oxidation sites excluding steroid dienone is 1. The van der Waals surface area contributed by atoms with Gasteiger partial charge in [-0.25, -0.2) is 0 Å². The molecule has 0 saturated heterocycles. The first kappa shape index (κ1) is 18.0. The molecule has 0 aromatic carbocycles. The van der Waals surface area contributed by atoms with Crippen LogP contribution in [0.1, 0.15) is 83.5 Å². The molecule has 0 amide bonds. The van der Waals surface area contributed by atoms with Crippen molar-refractivity contribution >= 4 is 0 Å². The summed E-state index contributed by atoms with van der Waals surface area (Å²) in [6.07, 6.45) is 21.0. The van der Waals surface area contributed by atoms with Crippen molar-refractivity contribution in [2.75, 3.05) is 26.8 Å². The van der Waals surface area contributed by atoms with Gasteiger partial charge in [0.1, 0.15) is 0 Å². The number of hydrogen-bond donors (Lipinski definition) is 1. The highest BCUT2D eigenvalue weighted by Crippen LogP contribution is 2.21. The SMILES string of the molecule is CN(CNCC1CCCCCCC1)C/C1=C\CCCCCC1. The molecule has 0 aliphatic heterocycles. The second-order valence-corrected chi connectivity index (χ2v) is 7.65. The van der Waals surface area contributed by atoms with Crippen LogP contribution in [0.25, 0.3) is 0 Å². The first-order chi connectivity index (χ1) is 10.8. The normalized spacial score (nSPS) is 24.9. The zero-order valence-electron chi connectivity index (χ0n) is 14.9. The van der Waals surface area contributed by atoms with E-state index in [0.717, 1.165) is 19.1 Å². The van der Waals surface area contributed by atoms with Crippen LogP contribution in [0.5, 0.6) is 0 Å². The maximum atomic E-state index is 3.72. The molecule has 128 valence electrons. The quantitative estimate of drug-likeness (QED) is 0.542. The summed E-state index contributed by atoms with van der Waals surface area (Å²) in [5, 5.41) is 3.72. The molecule has 2 aliphatic carbocycles. The third-order valence-electron chi connectivity index (χ3n) is 5.40. The van der Waals surface area contributed by atoms with E-state index >= 15 is 0 Å². The minimum Gasteiger partial charge on any atom is -0.304 e. The lowest BCUT2D eigenvalue weighted by atomic mass is 9.91. The van der Waals surface area contributed by atoms with E-state index in [2.05, 4.69) is 23.3 Å². The summed E-state index contributed by atoms with van der Waals surface area (Å²) in [5.74, 6) is 0.925. The van der Waals surface area contributed by atoms with Gasteiger partial charge in [-0.3, -0.25) is 4.90 Å². The predicted molar refractivity (Wildman–Crippen MR) is 97.1 cm³/mol. The molecule has 0 radical (unpaired) electrons. The predicted octanol–water partition coefficient (Wildman–Crippen LogP) is 5.11. The molecule has 2 aliphatic rings. The largest absolute Gasteiger partial charge is 0.304 e. The van der Waals surface area contributed by atoms with Crippen molar-refractivity contribution in [2.24, 2.45) is 5.92 Å². The van der Waals surface area contributed by atoms with Gasteiger partial charge in [-0.2, -0.15) is 0 Å². The number of hydrogen-bond acceptors (Lipinski definition) is 2. The van der Waals surface area contributed by atoms with Crippen LogP contribution in [0, 0.1) is 5.92 Å². The van der Waals surface area contributed by atoms with Crippen molar-refractivity contribution in [2.45, 2.75) is 83.5 Å². The Morgan fingerprint density at radius 1 is 0.955 bits per heavy atom. The Bertz CT molecular complexity index is 303. The lowest BCUT2D eigenvalue weighted by molar-refractivity contribution is 0.293. The van der Waals surface area contributed by atoms with E-state index in [1.165, 1.54) is 90.0 Å². The number of likely N-dealkylation sites (N-methyl/N-ethyl adjacent to an activating group) is 1. The number of nitrogens with zero attached hydrogens (tertiary/aromatic N) is 1. The third-order valence-corrected chi connectivity index (χ3v) is 5.40. The van der Waals surface area contributed by atoms with Crippen molar-refractivity contribution in [3.8, 4) is 0 Å². The molecule has 2 rings (SSSR count). The van der Waals surface area contributed by atoms with Gasteiger partial charge in [0.15, 0.2) is 0 Å². The summed E-state index contributed by atoms with van der Waals surface area (Å²) in [7, 11) is 2.27. The summed E-state index contributed by atoms with van der Waals surface area (Å²) in [6.45, 7) is 3.44. The van der Waals surface area contributed by atoms with Gasteiger partial charge in [-0.15, -0.1) is 0 Å². The van der Waals surface area contributed by atoms with E-state index in [1.807, 2.05) is 0 Å². The van der Waals surface area contributed by atoms with Crippen LogP contribution in [0.3, 0.4) is 0 Å². The van der Waals surface area contributed by atoms with Crippen LogP contribution >= 0.6 is 0 Å². The average molecular weight is 307 g/mol. The van der Waals surface area contributed by atoms with Crippen LogP contribution < -0.4 is 5.32 Å². The molecule has 0 atom stereocenters. The molecular formula is C20H38N2. The summed E-state index contributed by atoms with van der Waals surface area (Å²) in [5.41, 5.74) is 1.68. The van der Waals surface area contributed by atoms with E-state index in [1.54, 1.807) is 5.57 Å². The first-order valence-corrected chi connectivity index (χ1v) is 9.92. The summed E-state index contributed by atoms with van der Waals surface area (Å²) in [6, 6.07) is 0. The molecule has 0 spiro atoms. The molecule has 0 aromatic heterocycles. The van der Waals surface area contributed by atoms with E-state index in [0.29, 0.717) is 0 Å². The minimum atomic E-state index is 0.925. The molecule has 0 bridgehead atoms. The summed E-state index contributed by atoms with van der Waals surface area (Å²) >= 11 is 0. The molecule has 0 unspecified atom stereocenters. The Morgan fingerprint density at radius 2 is 1.64 bits per heavy atom. The molecule has 1 N–H and O–H groups in total. The zero-order chi connectivity index (χ0) is 15.5. The first-order valence-electron chi connectivity index (χ1n) is 9.92. The minimum absolute atomic E-state index is 0.925. The standard InChI is InChI=1S/C20H38N2/c1-22(17-20-14-10-6-3-7-11-15-20)18-21-16-19-12-8-4-2-5-9-13-19/h14,19,21H,2-13,15-18H2,1H3/b20-14-. The topological polar surface area (TPSA) is 15.3 Å². The molecule has 0 aromatic rings. The van der Waals surface area contributed by atoms with Crippen molar-refractivity contribution < 1.29 is 0 Å². The Kier molecular flexibility index (Phi) is 9.20. The molecule has 2 nitrogen and oxygen atoms in total. The van der Waals surface area contributed by atoms with Gasteiger partial charge >= 0.3 is 0 Å². The fraction of sp³-hybridized carbons (Fsp3) is 0.900. The highest BCUT2D eigenvalue weighted by atomic mass is 15.2. The highest BCUT2D eigenvalue weighted by Gasteiger charge is 2.11. The molecule has 0 heterocycles. The third kappa shape index (κ3) is 7.78. The van der Waals surface area contributed by atoms with E-state index in [-0.39, 0.29) is 0 Å². The van der Waals surface area contributed by atoms with Crippen molar-refractivity contribution in [1.29, 1.82) is 0 Å². The summed E-state index contributed by atoms with van der Waals surface area (Å²) in [4.78, 5) is 2.47. The highest BCUT2D eigenvalue weighted by molar-refractivity contribution is 5.05. The molecule has 1 saturated carbocycles. The van der Waals surface area contributed by atoms with Crippen molar-refractivity contribution in [3.05, 3.63) is 11.6 Å². The molecular weight excluding hydrogens is 268 g/mol. The number of nitrogens with one attached hydrogen (secondary N) is 1. The van der Waals surface area contributed by atoms with Crippen LogP contribution in [0.4, 0.5) is 0 Å². The zero-order valence-corrected chi connectivity index (χ0v) is 14.9. The van der Waals surface area contributed by atoms with Gasteiger partial charge in [-0.05, 0) is 58.0 Å². The maximum absolute atomic E-state index is 3.72. The maximum Gasteiger partial charge on any atom is 0.0480 e. The Morgan fingerprint density at radius 3 is 2.45 bits per heavy atom. The van der Waals surface area contributed by atoms with Gasteiger partial charge < -0.3 is 5.32 Å². The van der Waals surface area contributed by atoms with E-state index in [9.17, 15) is 0 Å². The van der Waals surface area contributed by atoms with Gasteiger partial charge in [0.05, 0.1) is 0 Å². The van der Waals surface area contributed by atoms with E-state index in [4.69, 9.17) is 0 Å². The lowest BCUT2D eigenvalue weighted by Gasteiger charge is -2.24. The molecule has 2 heteroatoms. The fourth-order valence-electron chi connectivity index (χ4n) is 4.01. The van der Waals surface area contributed by atoms with Crippen LogP contribution in [0.2, 0.25) is 0 Å². The van der Waals surface area contributed by atoms with Gasteiger partial charge in [0, 0.05) is 13.2 Å². The summed E-state index contributed by atoms with van der Waals surface area (Å²) < 4.78 is 0. The smallest absolute Gasteiger partial charge is 0.0480 e. The van der Waals surface area contributed by atoms with Gasteiger partial charge in [0.2, 0.25) is 0 Å². The Balaban J connectivity index is 1.60.